The summed E-state index contributed by atoms with van der Waals surface area (Å²) in [6.45, 7) is 4.23. The number of hydrogen-bond donors (Lipinski definition) is 0. The second-order valence-electron chi connectivity index (χ2n) is 4.63. The van der Waals surface area contributed by atoms with Crippen LogP contribution in [-0.4, -0.2) is 18.2 Å². The Hall–Kier alpha value is -1.64. The van der Waals surface area contributed by atoms with Crippen LogP contribution in [-0.2, 0) is 9.59 Å². The van der Waals surface area contributed by atoms with Crippen LogP contribution >= 0.6 is 0 Å². The normalized spacial score (nSPS) is 20.5. The van der Waals surface area contributed by atoms with E-state index in [4.69, 9.17) is 0 Å². The van der Waals surface area contributed by atoms with Gasteiger partial charge in [0.15, 0.2) is 0 Å². The highest BCUT2D eigenvalue weighted by molar-refractivity contribution is 6.08. The van der Waals surface area contributed by atoms with E-state index in [1.165, 1.54) is 12.5 Å². The van der Waals surface area contributed by atoms with Crippen molar-refractivity contribution in [2.45, 2.75) is 26.7 Å². The SMILES string of the molecule is CC(=O)[C@H]1CCCN(c2ccc(C)cc2)C1=O. The topological polar surface area (TPSA) is 37.4 Å². The summed E-state index contributed by atoms with van der Waals surface area (Å²) in [5.74, 6) is -0.510. The number of benzene rings is 1. The summed E-state index contributed by atoms with van der Waals surface area (Å²) in [6, 6.07) is 7.85. The number of piperidine rings is 1. The van der Waals surface area contributed by atoms with Crippen LogP contribution < -0.4 is 4.90 Å². The molecule has 3 nitrogen and oxygen atoms in total. The first-order valence-corrected chi connectivity index (χ1v) is 5.98. The molecule has 1 aromatic rings. The number of anilines is 1. The van der Waals surface area contributed by atoms with Crippen molar-refractivity contribution in [3.05, 3.63) is 29.8 Å². The third kappa shape index (κ3) is 2.38. The van der Waals surface area contributed by atoms with Gasteiger partial charge in [-0.15, -0.1) is 0 Å². The first-order valence-electron chi connectivity index (χ1n) is 5.98. The number of amides is 1. The minimum atomic E-state index is -0.440. The summed E-state index contributed by atoms with van der Waals surface area (Å²) in [5.41, 5.74) is 2.06. The van der Waals surface area contributed by atoms with Gasteiger partial charge in [-0.05, 0) is 38.8 Å². The molecule has 17 heavy (non-hydrogen) atoms. The van der Waals surface area contributed by atoms with Crippen LogP contribution in [0.1, 0.15) is 25.3 Å². The van der Waals surface area contributed by atoms with E-state index in [1.54, 1.807) is 4.90 Å². The number of aryl methyl sites for hydroxylation is 1. The maximum Gasteiger partial charge on any atom is 0.237 e. The number of nitrogens with zero attached hydrogens (tertiary/aromatic N) is 1. The molecule has 1 aliphatic heterocycles. The zero-order valence-corrected chi connectivity index (χ0v) is 10.3. The van der Waals surface area contributed by atoms with E-state index in [2.05, 4.69) is 0 Å². The molecule has 1 atom stereocenters. The van der Waals surface area contributed by atoms with E-state index in [0.717, 1.165) is 12.1 Å². The number of carbonyl (C=O) groups is 2. The van der Waals surface area contributed by atoms with Gasteiger partial charge >= 0.3 is 0 Å². The van der Waals surface area contributed by atoms with E-state index >= 15 is 0 Å². The Balaban J connectivity index is 2.23. The molecule has 1 saturated heterocycles. The number of ketones is 1. The fourth-order valence-corrected chi connectivity index (χ4v) is 2.23. The van der Waals surface area contributed by atoms with Crippen LogP contribution in [0.25, 0.3) is 0 Å². The summed E-state index contributed by atoms with van der Waals surface area (Å²) >= 11 is 0. The predicted octanol–water partition coefficient (Wildman–Crippen LogP) is 2.33. The van der Waals surface area contributed by atoms with Crippen LogP contribution in [0.5, 0.6) is 0 Å². The largest absolute Gasteiger partial charge is 0.312 e. The highest BCUT2D eigenvalue weighted by Gasteiger charge is 2.32. The maximum absolute atomic E-state index is 12.2. The number of rotatable bonds is 2. The van der Waals surface area contributed by atoms with Crippen molar-refractivity contribution in [1.29, 1.82) is 0 Å². The molecular weight excluding hydrogens is 214 g/mol. The third-order valence-electron chi connectivity index (χ3n) is 3.28. The Kier molecular flexibility index (Phi) is 3.27. The summed E-state index contributed by atoms with van der Waals surface area (Å²) in [7, 11) is 0. The zero-order chi connectivity index (χ0) is 12.4. The number of hydrogen-bond acceptors (Lipinski definition) is 2. The van der Waals surface area contributed by atoms with Gasteiger partial charge in [0.1, 0.15) is 5.78 Å². The average Bonchev–Trinajstić information content (AvgIpc) is 2.30. The van der Waals surface area contributed by atoms with E-state index < -0.39 is 5.92 Å². The van der Waals surface area contributed by atoms with Crippen molar-refractivity contribution < 1.29 is 9.59 Å². The summed E-state index contributed by atoms with van der Waals surface area (Å²) in [6.07, 6.45) is 1.58. The van der Waals surface area contributed by atoms with Crippen molar-refractivity contribution in [2.24, 2.45) is 5.92 Å². The van der Waals surface area contributed by atoms with E-state index in [-0.39, 0.29) is 11.7 Å². The molecule has 0 bridgehead atoms. The van der Waals surface area contributed by atoms with Crippen LogP contribution in [0, 0.1) is 12.8 Å². The lowest BCUT2D eigenvalue weighted by Crippen LogP contribution is -2.43. The standard InChI is InChI=1S/C14H17NO2/c1-10-5-7-12(8-6-10)15-9-3-4-13(11(2)16)14(15)17/h5-8,13H,3-4,9H2,1-2H3/t13-/m1/s1. The number of Topliss-reactive ketones (excluding diaryl/α,β-unsaturated/α-hetero) is 1. The van der Waals surface area contributed by atoms with Crippen molar-refractivity contribution in [2.75, 3.05) is 11.4 Å². The second-order valence-corrected chi connectivity index (χ2v) is 4.63. The molecule has 0 unspecified atom stereocenters. The Labute approximate surface area is 101 Å². The van der Waals surface area contributed by atoms with Crippen LogP contribution in [0.4, 0.5) is 5.69 Å². The Bertz CT molecular complexity index is 436. The second kappa shape index (κ2) is 4.70. The molecular formula is C14H17NO2. The van der Waals surface area contributed by atoms with Crippen molar-refractivity contribution in [3.8, 4) is 0 Å². The van der Waals surface area contributed by atoms with E-state index in [1.807, 2.05) is 31.2 Å². The molecule has 0 saturated carbocycles. The predicted molar refractivity (Wildman–Crippen MR) is 66.9 cm³/mol. The molecule has 0 radical (unpaired) electrons. The van der Waals surface area contributed by atoms with Crippen molar-refractivity contribution in [1.82, 2.24) is 0 Å². The van der Waals surface area contributed by atoms with E-state index in [9.17, 15) is 9.59 Å². The highest BCUT2D eigenvalue weighted by Crippen LogP contribution is 2.25. The quantitative estimate of drug-likeness (QED) is 0.732. The maximum atomic E-state index is 12.2. The fourth-order valence-electron chi connectivity index (χ4n) is 2.23. The fraction of sp³-hybridized carbons (Fsp3) is 0.429. The molecule has 1 aliphatic rings. The molecule has 0 aliphatic carbocycles. The Morgan fingerprint density at radius 3 is 2.53 bits per heavy atom. The first kappa shape index (κ1) is 11.8. The lowest BCUT2D eigenvalue weighted by atomic mass is 9.93. The van der Waals surface area contributed by atoms with Gasteiger partial charge in [-0.2, -0.15) is 0 Å². The smallest absolute Gasteiger partial charge is 0.237 e. The lowest BCUT2D eigenvalue weighted by molar-refractivity contribution is -0.132. The van der Waals surface area contributed by atoms with Gasteiger partial charge in [0, 0.05) is 12.2 Å². The Morgan fingerprint density at radius 1 is 1.29 bits per heavy atom. The minimum Gasteiger partial charge on any atom is -0.312 e. The zero-order valence-electron chi connectivity index (χ0n) is 10.3. The minimum absolute atomic E-state index is 0.0215. The average molecular weight is 231 g/mol. The molecule has 1 aromatic carbocycles. The van der Waals surface area contributed by atoms with Crippen LogP contribution in [0.2, 0.25) is 0 Å². The van der Waals surface area contributed by atoms with Gasteiger partial charge in [0.2, 0.25) is 5.91 Å². The Morgan fingerprint density at radius 2 is 1.94 bits per heavy atom. The molecule has 0 N–H and O–H groups in total. The molecule has 3 heteroatoms. The monoisotopic (exact) mass is 231 g/mol. The molecule has 1 amide bonds. The van der Waals surface area contributed by atoms with Crippen molar-refractivity contribution in [3.63, 3.8) is 0 Å². The van der Waals surface area contributed by atoms with Gasteiger partial charge in [-0.1, -0.05) is 17.7 Å². The van der Waals surface area contributed by atoms with E-state index in [0.29, 0.717) is 13.0 Å². The van der Waals surface area contributed by atoms with Crippen molar-refractivity contribution >= 4 is 17.4 Å². The molecule has 1 fully saturated rings. The molecule has 0 aromatic heterocycles. The van der Waals surface area contributed by atoms with Gasteiger partial charge in [-0.3, -0.25) is 9.59 Å². The molecule has 90 valence electrons. The number of carbonyl (C=O) groups excluding carboxylic acids is 2. The van der Waals surface area contributed by atoms with Crippen LogP contribution in [0.15, 0.2) is 24.3 Å². The lowest BCUT2D eigenvalue weighted by Gasteiger charge is -2.31. The van der Waals surface area contributed by atoms with Gasteiger partial charge in [0.05, 0.1) is 5.92 Å². The first-order chi connectivity index (χ1) is 8.09. The molecule has 1 heterocycles. The van der Waals surface area contributed by atoms with Gasteiger partial charge in [0.25, 0.3) is 0 Å². The highest BCUT2D eigenvalue weighted by atomic mass is 16.2. The summed E-state index contributed by atoms with van der Waals surface area (Å²) in [5, 5.41) is 0. The summed E-state index contributed by atoms with van der Waals surface area (Å²) in [4.78, 5) is 25.3. The third-order valence-corrected chi connectivity index (χ3v) is 3.28. The molecule has 0 spiro atoms. The summed E-state index contributed by atoms with van der Waals surface area (Å²) < 4.78 is 0. The van der Waals surface area contributed by atoms with Gasteiger partial charge in [-0.25, -0.2) is 0 Å². The van der Waals surface area contributed by atoms with Crippen LogP contribution in [0.3, 0.4) is 0 Å². The van der Waals surface area contributed by atoms with Gasteiger partial charge < -0.3 is 4.90 Å². The molecule has 2 rings (SSSR count).